The largest absolute Gasteiger partial charge is 0.497 e. The highest BCUT2D eigenvalue weighted by atomic mass is 16.5. The first-order chi connectivity index (χ1) is 16.0. The van der Waals surface area contributed by atoms with Crippen LogP contribution in [0.3, 0.4) is 0 Å². The van der Waals surface area contributed by atoms with E-state index in [4.69, 9.17) is 18.9 Å². The number of anilines is 2. The number of benzene rings is 1. The molecule has 0 fully saturated rings. The molecule has 1 aromatic carbocycles. The molecule has 0 spiro atoms. The van der Waals surface area contributed by atoms with Gasteiger partial charge in [0, 0.05) is 29.4 Å². The molecule has 2 aliphatic rings. The summed E-state index contributed by atoms with van der Waals surface area (Å²) in [6, 6.07) is 8.49. The predicted molar refractivity (Wildman–Crippen MR) is 121 cm³/mol. The molecule has 33 heavy (non-hydrogen) atoms. The number of nitrogens with one attached hydrogen (secondary N) is 2. The smallest absolute Gasteiger partial charge is 0.337 e. The molecule has 9 nitrogen and oxygen atoms in total. The summed E-state index contributed by atoms with van der Waals surface area (Å²) in [5.74, 6) is 1.47. The highest BCUT2D eigenvalue weighted by molar-refractivity contribution is 6.06. The van der Waals surface area contributed by atoms with Crippen LogP contribution in [0.15, 0.2) is 71.8 Å². The minimum absolute atomic E-state index is 0.273. The molecule has 0 bridgehead atoms. The van der Waals surface area contributed by atoms with Gasteiger partial charge < -0.3 is 29.6 Å². The zero-order valence-corrected chi connectivity index (χ0v) is 18.4. The maximum atomic E-state index is 13.0. The van der Waals surface area contributed by atoms with Gasteiger partial charge in [0.1, 0.15) is 5.76 Å². The van der Waals surface area contributed by atoms with Gasteiger partial charge in [0.2, 0.25) is 0 Å². The summed E-state index contributed by atoms with van der Waals surface area (Å²) in [4.78, 5) is 29.5. The normalized spacial score (nSPS) is 16.6. The topological polar surface area (TPSA) is 108 Å². The zero-order chi connectivity index (χ0) is 23.4. The van der Waals surface area contributed by atoms with Gasteiger partial charge in [0.05, 0.1) is 26.9 Å². The average Bonchev–Trinajstić information content (AvgIpc) is 3.16. The number of pyridine rings is 1. The Labute approximate surface area is 190 Å². The maximum Gasteiger partial charge on any atom is 0.337 e. The summed E-state index contributed by atoms with van der Waals surface area (Å²) in [6.45, 7) is 0. The second-order valence-corrected chi connectivity index (χ2v) is 7.17. The zero-order valence-electron chi connectivity index (χ0n) is 18.4. The van der Waals surface area contributed by atoms with Gasteiger partial charge in [0.15, 0.2) is 23.6 Å². The van der Waals surface area contributed by atoms with Gasteiger partial charge >= 0.3 is 5.97 Å². The SMILES string of the molecule is COC(=O)c1cc(NC(=O)C2=CCC(OC)=C(OC)C=C2)cc(C2Nc3ncccc3O2)c1. The van der Waals surface area contributed by atoms with Crippen molar-refractivity contribution in [3.05, 3.63) is 83.0 Å². The number of ether oxygens (including phenoxy) is 4. The van der Waals surface area contributed by atoms with Crippen molar-refractivity contribution >= 4 is 23.4 Å². The number of amides is 1. The first-order valence-corrected chi connectivity index (χ1v) is 10.1. The molecule has 0 radical (unpaired) electrons. The van der Waals surface area contributed by atoms with Crippen molar-refractivity contribution in [2.45, 2.75) is 12.6 Å². The molecule has 0 saturated carbocycles. The summed E-state index contributed by atoms with van der Waals surface area (Å²) in [6.07, 6.45) is 6.54. The summed E-state index contributed by atoms with van der Waals surface area (Å²) in [5, 5.41) is 6.00. The van der Waals surface area contributed by atoms with Crippen molar-refractivity contribution in [3.8, 4) is 5.75 Å². The van der Waals surface area contributed by atoms with Gasteiger partial charge in [-0.05, 0) is 42.5 Å². The van der Waals surface area contributed by atoms with Crippen LogP contribution in [0.2, 0.25) is 0 Å². The van der Waals surface area contributed by atoms with Gasteiger partial charge in [0.25, 0.3) is 5.91 Å². The van der Waals surface area contributed by atoms with Gasteiger partial charge in [-0.15, -0.1) is 0 Å². The fraction of sp³-hybridized carbons (Fsp3) is 0.208. The van der Waals surface area contributed by atoms with Crippen LogP contribution in [0.1, 0.15) is 28.6 Å². The van der Waals surface area contributed by atoms with E-state index in [-0.39, 0.29) is 11.5 Å². The number of rotatable bonds is 6. The lowest BCUT2D eigenvalue weighted by molar-refractivity contribution is -0.112. The minimum atomic E-state index is -0.579. The van der Waals surface area contributed by atoms with E-state index in [1.54, 1.807) is 61.9 Å². The second-order valence-electron chi connectivity index (χ2n) is 7.17. The maximum absolute atomic E-state index is 13.0. The third-order valence-corrected chi connectivity index (χ3v) is 5.15. The Bertz CT molecular complexity index is 1160. The number of hydrogen-bond acceptors (Lipinski definition) is 8. The number of carbonyl (C=O) groups is 2. The van der Waals surface area contributed by atoms with E-state index in [1.807, 2.05) is 0 Å². The quantitative estimate of drug-likeness (QED) is 0.643. The number of aromatic nitrogens is 1. The van der Waals surface area contributed by atoms with E-state index < -0.39 is 12.2 Å². The number of allylic oxidation sites excluding steroid dienone is 2. The minimum Gasteiger partial charge on any atom is -0.497 e. The van der Waals surface area contributed by atoms with Crippen molar-refractivity contribution in [1.29, 1.82) is 0 Å². The van der Waals surface area contributed by atoms with E-state index in [1.165, 1.54) is 14.2 Å². The molecule has 1 aliphatic carbocycles. The third kappa shape index (κ3) is 4.67. The van der Waals surface area contributed by atoms with E-state index in [2.05, 4.69) is 15.6 Å². The number of nitrogens with zero attached hydrogens (tertiary/aromatic N) is 1. The van der Waals surface area contributed by atoms with Crippen LogP contribution in [0, 0.1) is 0 Å². The molecular weight excluding hydrogens is 426 g/mol. The Balaban J connectivity index is 1.59. The molecule has 1 aromatic heterocycles. The molecule has 170 valence electrons. The van der Waals surface area contributed by atoms with Crippen LogP contribution >= 0.6 is 0 Å². The number of methoxy groups -OCH3 is 3. The van der Waals surface area contributed by atoms with E-state index >= 15 is 0 Å². The third-order valence-electron chi connectivity index (χ3n) is 5.15. The average molecular weight is 449 g/mol. The highest BCUT2D eigenvalue weighted by Gasteiger charge is 2.26. The number of fused-ring (bicyclic) bond motifs is 1. The Morgan fingerprint density at radius 1 is 1.15 bits per heavy atom. The van der Waals surface area contributed by atoms with E-state index in [0.29, 0.717) is 46.3 Å². The van der Waals surface area contributed by atoms with Crippen molar-refractivity contribution in [2.75, 3.05) is 32.0 Å². The fourth-order valence-corrected chi connectivity index (χ4v) is 3.50. The van der Waals surface area contributed by atoms with Crippen molar-refractivity contribution in [3.63, 3.8) is 0 Å². The van der Waals surface area contributed by atoms with Gasteiger partial charge in [-0.1, -0.05) is 6.08 Å². The lowest BCUT2D eigenvalue weighted by Gasteiger charge is -2.15. The molecule has 2 N–H and O–H groups in total. The monoisotopic (exact) mass is 449 g/mol. The number of esters is 1. The van der Waals surface area contributed by atoms with Crippen molar-refractivity contribution in [2.24, 2.45) is 0 Å². The fourth-order valence-electron chi connectivity index (χ4n) is 3.50. The predicted octanol–water partition coefficient (Wildman–Crippen LogP) is 3.70. The molecule has 1 aliphatic heterocycles. The van der Waals surface area contributed by atoms with E-state index in [0.717, 1.165) is 0 Å². The lowest BCUT2D eigenvalue weighted by Crippen LogP contribution is -2.16. The summed E-state index contributed by atoms with van der Waals surface area (Å²) in [7, 11) is 4.39. The Hall–Kier alpha value is -4.27. The Morgan fingerprint density at radius 3 is 2.73 bits per heavy atom. The van der Waals surface area contributed by atoms with Crippen molar-refractivity contribution < 1.29 is 28.5 Å². The van der Waals surface area contributed by atoms with Gasteiger partial charge in [-0.25, -0.2) is 9.78 Å². The Kier molecular flexibility index (Phi) is 6.30. The van der Waals surface area contributed by atoms with Crippen LogP contribution in [-0.2, 0) is 19.0 Å². The molecule has 1 amide bonds. The molecule has 1 atom stereocenters. The highest BCUT2D eigenvalue weighted by Crippen LogP contribution is 2.36. The van der Waals surface area contributed by atoms with Crippen LogP contribution in [0.4, 0.5) is 11.5 Å². The number of hydrogen-bond donors (Lipinski definition) is 2. The molecule has 9 heteroatoms. The molecule has 0 saturated heterocycles. The standard InChI is InChI=1S/C24H23N3O6/c1-30-18-8-6-14(7-9-19(18)31-2)22(28)26-17-12-15(11-16(13-17)24(29)32-3)23-27-21-20(33-23)5-4-10-25-21/h4-8,10-13,23H,9H2,1-3H3,(H,25,27)(H,26,28). The van der Waals surface area contributed by atoms with Crippen molar-refractivity contribution in [1.82, 2.24) is 4.98 Å². The van der Waals surface area contributed by atoms with Gasteiger partial charge in [-0.3, -0.25) is 4.79 Å². The molecule has 2 aromatic rings. The molecule has 4 rings (SSSR count). The van der Waals surface area contributed by atoms with E-state index in [9.17, 15) is 9.59 Å². The summed E-state index contributed by atoms with van der Waals surface area (Å²) in [5.41, 5.74) is 1.74. The second kappa shape index (κ2) is 9.47. The molecule has 1 unspecified atom stereocenters. The first kappa shape index (κ1) is 21.9. The van der Waals surface area contributed by atoms with Gasteiger partial charge in [-0.2, -0.15) is 0 Å². The van der Waals surface area contributed by atoms with Crippen LogP contribution < -0.4 is 15.4 Å². The molecule has 2 heterocycles. The first-order valence-electron chi connectivity index (χ1n) is 10.1. The van der Waals surface area contributed by atoms with Crippen LogP contribution in [0.5, 0.6) is 5.75 Å². The molecular formula is C24H23N3O6. The summed E-state index contributed by atoms with van der Waals surface area (Å²) >= 11 is 0. The summed E-state index contributed by atoms with van der Waals surface area (Å²) < 4.78 is 21.4. The number of carbonyl (C=O) groups excluding carboxylic acids is 2. The van der Waals surface area contributed by atoms with Crippen LogP contribution in [0.25, 0.3) is 0 Å². The Morgan fingerprint density at radius 2 is 2.00 bits per heavy atom. The van der Waals surface area contributed by atoms with Crippen LogP contribution in [-0.4, -0.2) is 38.2 Å². The lowest BCUT2D eigenvalue weighted by atomic mass is 10.1.